The van der Waals surface area contributed by atoms with Crippen molar-refractivity contribution in [2.75, 3.05) is 7.11 Å². The highest BCUT2D eigenvalue weighted by Crippen LogP contribution is 2.32. The van der Waals surface area contributed by atoms with Crippen LogP contribution in [0.5, 0.6) is 0 Å². The monoisotopic (exact) mass is 322 g/mol. The van der Waals surface area contributed by atoms with Gasteiger partial charge in [0.05, 0.1) is 11.3 Å². The molecule has 0 N–H and O–H groups in total. The van der Waals surface area contributed by atoms with Gasteiger partial charge < -0.3 is 4.74 Å². The van der Waals surface area contributed by atoms with Gasteiger partial charge in [-0.15, -0.1) is 5.10 Å². The van der Waals surface area contributed by atoms with E-state index in [0.717, 1.165) is 12.1 Å². The fourth-order valence-electron chi connectivity index (χ4n) is 3.25. The molecule has 0 bridgehead atoms. The Labute approximate surface area is 139 Å². The Kier molecular flexibility index (Phi) is 3.61. The van der Waals surface area contributed by atoms with Crippen LogP contribution < -0.4 is 0 Å². The molecule has 6 nitrogen and oxygen atoms in total. The molecule has 0 fully saturated rings. The lowest BCUT2D eigenvalue weighted by molar-refractivity contribution is 0.0962. The summed E-state index contributed by atoms with van der Waals surface area (Å²) in [5.41, 5.74) is 3.94. The van der Waals surface area contributed by atoms with Crippen LogP contribution in [0.15, 0.2) is 30.5 Å². The van der Waals surface area contributed by atoms with Crippen molar-refractivity contribution in [2.24, 2.45) is 0 Å². The van der Waals surface area contributed by atoms with Gasteiger partial charge >= 0.3 is 0 Å². The highest BCUT2D eigenvalue weighted by atomic mass is 16.5. The van der Waals surface area contributed by atoms with Crippen molar-refractivity contribution in [3.8, 4) is 0 Å². The zero-order valence-electron chi connectivity index (χ0n) is 13.7. The maximum Gasteiger partial charge on any atom is 0.252 e. The van der Waals surface area contributed by atoms with E-state index in [1.165, 1.54) is 11.1 Å². The number of carbonyl (C=O) groups excluding carboxylic acids is 1. The molecule has 1 aliphatic rings. The van der Waals surface area contributed by atoms with Crippen LogP contribution in [-0.2, 0) is 17.8 Å². The molecule has 0 saturated heterocycles. The summed E-state index contributed by atoms with van der Waals surface area (Å²) in [5, 5.41) is 4.46. The van der Waals surface area contributed by atoms with Gasteiger partial charge in [0.2, 0.25) is 0 Å². The molecule has 1 unspecified atom stereocenters. The summed E-state index contributed by atoms with van der Waals surface area (Å²) in [6.07, 6.45) is 2.88. The molecule has 0 saturated carbocycles. The first-order valence-electron chi connectivity index (χ1n) is 7.98. The van der Waals surface area contributed by atoms with E-state index in [9.17, 15) is 4.79 Å². The number of fused-ring (bicyclic) bond motifs is 3. The predicted molar refractivity (Wildman–Crippen MR) is 88.1 cm³/mol. The lowest BCUT2D eigenvalue weighted by atomic mass is 9.82. The van der Waals surface area contributed by atoms with Gasteiger partial charge in [0, 0.05) is 19.7 Å². The molecule has 0 spiro atoms. The Morgan fingerprint density at radius 1 is 1.25 bits per heavy atom. The molecule has 2 heterocycles. The van der Waals surface area contributed by atoms with E-state index < -0.39 is 0 Å². The molecule has 4 rings (SSSR count). The van der Waals surface area contributed by atoms with Gasteiger partial charge in [-0.05, 0) is 24.8 Å². The third-order valence-corrected chi connectivity index (χ3v) is 4.50. The Balaban J connectivity index is 1.78. The number of ether oxygens (including phenoxy) is 1. The molecule has 1 aliphatic carbocycles. The van der Waals surface area contributed by atoms with Crippen LogP contribution in [0.2, 0.25) is 0 Å². The van der Waals surface area contributed by atoms with Crippen LogP contribution in [0, 0.1) is 6.92 Å². The average molecular weight is 322 g/mol. The van der Waals surface area contributed by atoms with E-state index in [2.05, 4.69) is 46.3 Å². The largest absolute Gasteiger partial charge is 0.377 e. The molecule has 1 atom stereocenters. The smallest absolute Gasteiger partial charge is 0.252 e. The Bertz CT molecular complexity index is 915. The fourth-order valence-corrected chi connectivity index (χ4v) is 3.25. The number of benzene rings is 1. The molecule has 6 heteroatoms. The van der Waals surface area contributed by atoms with Crippen LogP contribution in [-0.4, -0.2) is 32.5 Å². The summed E-state index contributed by atoms with van der Waals surface area (Å²) in [6, 6.07) is 8.38. The lowest BCUT2D eigenvalue weighted by Gasteiger charge is -2.24. The molecular weight excluding hydrogens is 304 g/mol. The first-order valence-corrected chi connectivity index (χ1v) is 7.98. The first-order chi connectivity index (χ1) is 11.7. The van der Waals surface area contributed by atoms with E-state index in [1.54, 1.807) is 17.8 Å². The quantitative estimate of drug-likeness (QED) is 0.741. The molecule has 0 amide bonds. The van der Waals surface area contributed by atoms with E-state index in [4.69, 9.17) is 4.74 Å². The van der Waals surface area contributed by atoms with Crippen molar-refractivity contribution >= 4 is 11.6 Å². The van der Waals surface area contributed by atoms with Gasteiger partial charge in [-0.2, -0.15) is 4.98 Å². The van der Waals surface area contributed by atoms with Crippen molar-refractivity contribution in [3.05, 3.63) is 58.7 Å². The van der Waals surface area contributed by atoms with Crippen LogP contribution in [0.4, 0.5) is 0 Å². The van der Waals surface area contributed by atoms with Gasteiger partial charge in [0.25, 0.3) is 5.78 Å². The van der Waals surface area contributed by atoms with Gasteiger partial charge in [-0.25, -0.2) is 9.50 Å². The highest BCUT2D eigenvalue weighted by Gasteiger charge is 2.29. The second-order valence-corrected chi connectivity index (χ2v) is 6.23. The number of carbonyl (C=O) groups is 1. The van der Waals surface area contributed by atoms with Crippen molar-refractivity contribution < 1.29 is 9.53 Å². The van der Waals surface area contributed by atoms with E-state index in [0.29, 0.717) is 30.2 Å². The minimum absolute atomic E-state index is 0.111. The zero-order chi connectivity index (χ0) is 16.7. The topological polar surface area (TPSA) is 69.4 Å². The minimum atomic E-state index is 0.111. The summed E-state index contributed by atoms with van der Waals surface area (Å²) in [4.78, 5) is 21.2. The number of hydrogen-bond acceptors (Lipinski definition) is 5. The highest BCUT2D eigenvalue weighted by molar-refractivity contribution is 5.98. The summed E-state index contributed by atoms with van der Waals surface area (Å²) in [6.45, 7) is 2.39. The number of methoxy groups -OCH3 is 1. The Morgan fingerprint density at radius 3 is 2.79 bits per heavy atom. The average Bonchev–Trinajstić information content (AvgIpc) is 2.99. The molecule has 0 radical (unpaired) electrons. The number of ketones is 1. The van der Waals surface area contributed by atoms with E-state index >= 15 is 0 Å². The van der Waals surface area contributed by atoms with Gasteiger partial charge in [-0.3, -0.25) is 4.79 Å². The van der Waals surface area contributed by atoms with E-state index in [-0.39, 0.29) is 11.7 Å². The summed E-state index contributed by atoms with van der Waals surface area (Å²) in [7, 11) is 1.60. The molecule has 24 heavy (non-hydrogen) atoms. The molecule has 0 aliphatic heterocycles. The molecule has 2 aromatic heterocycles. The number of aryl methyl sites for hydroxylation is 1. The summed E-state index contributed by atoms with van der Waals surface area (Å²) < 4.78 is 6.79. The molecule has 1 aromatic carbocycles. The minimum Gasteiger partial charge on any atom is -0.377 e. The number of nitrogens with zero attached hydrogens (tertiary/aromatic N) is 4. The third-order valence-electron chi connectivity index (χ3n) is 4.50. The summed E-state index contributed by atoms with van der Waals surface area (Å²) in [5.74, 6) is 1.35. The fraction of sp³-hybridized carbons (Fsp3) is 0.333. The SMILES string of the molecule is COCc1nc2ncc3c(n2n1)CC(c1ccc(C)cc1)CC3=O. The van der Waals surface area contributed by atoms with Crippen LogP contribution in [0.3, 0.4) is 0 Å². The number of Topliss-reactive ketones (excluding diaryl/α,β-unsaturated/α-hetero) is 1. The van der Waals surface area contributed by atoms with Gasteiger partial charge in [0.1, 0.15) is 6.61 Å². The number of rotatable bonds is 3. The maximum absolute atomic E-state index is 12.6. The lowest BCUT2D eigenvalue weighted by Crippen LogP contribution is -2.22. The second kappa shape index (κ2) is 5.79. The normalized spacial score (nSPS) is 17.2. The van der Waals surface area contributed by atoms with Gasteiger partial charge in [0.15, 0.2) is 11.6 Å². The summed E-state index contributed by atoms with van der Waals surface area (Å²) >= 11 is 0. The van der Waals surface area contributed by atoms with Crippen LogP contribution in [0.1, 0.15) is 45.3 Å². The van der Waals surface area contributed by atoms with E-state index in [1.807, 2.05) is 0 Å². The molecule has 3 aromatic rings. The van der Waals surface area contributed by atoms with Crippen molar-refractivity contribution in [1.29, 1.82) is 0 Å². The Morgan fingerprint density at radius 2 is 2.04 bits per heavy atom. The van der Waals surface area contributed by atoms with Crippen molar-refractivity contribution in [2.45, 2.75) is 32.3 Å². The molecular formula is C18H18N4O2. The van der Waals surface area contributed by atoms with Crippen LogP contribution in [0.25, 0.3) is 5.78 Å². The number of hydrogen-bond donors (Lipinski definition) is 0. The predicted octanol–water partition coefficient (Wildman–Crippen LogP) is 2.49. The third kappa shape index (κ3) is 2.49. The zero-order valence-corrected chi connectivity index (χ0v) is 13.7. The standard InChI is InChI=1S/C18H18N4O2/c1-11-3-5-12(6-4-11)13-7-15-14(16(23)8-13)9-19-18-20-17(10-24-2)21-22(15)18/h3-6,9,13H,7-8,10H2,1-2H3. The maximum atomic E-state index is 12.6. The number of aromatic nitrogens is 4. The first kappa shape index (κ1) is 15.0. The van der Waals surface area contributed by atoms with Crippen LogP contribution >= 0.6 is 0 Å². The van der Waals surface area contributed by atoms with Gasteiger partial charge in [-0.1, -0.05) is 29.8 Å². The Hall–Kier alpha value is -2.60. The molecule has 122 valence electrons. The second-order valence-electron chi connectivity index (χ2n) is 6.23. The van der Waals surface area contributed by atoms with Crippen molar-refractivity contribution in [1.82, 2.24) is 19.6 Å². The van der Waals surface area contributed by atoms with Crippen molar-refractivity contribution in [3.63, 3.8) is 0 Å².